The number of sulfonamides is 1. The summed E-state index contributed by atoms with van der Waals surface area (Å²) in [6.45, 7) is 0.299. The van der Waals surface area contributed by atoms with Crippen molar-refractivity contribution in [2.24, 2.45) is 0 Å². The SMILES string of the molecule is CN(c1cccc(Cl)c1)S(=O)(=O)c1cccc(COc2ccc(C3CCCCC3)cc2)c1. The van der Waals surface area contributed by atoms with Crippen LogP contribution < -0.4 is 9.04 Å². The van der Waals surface area contributed by atoms with Crippen molar-refractivity contribution in [1.29, 1.82) is 0 Å². The number of halogens is 1. The van der Waals surface area contributed by atoms with Crippen molar-refractivity contribution < 1.29 is 13.2 Å². The van der Waals surface area contributed by atoms with Crippen LogP contribution in [0.25, 0.3) is 0 Å². The van der Waals surface area contributed by atoms with E-state index in [1.54, 1.807) is 42.5 Å². The van der Waals surface area contributed by atoms with Crippen molar-refractivity contribution in [2.45, 2.75) is 49.5 Å². The molecule has 0 aromatic heterocycles. The van der Waals surface area contributed by atoms with Gasteiger partial charge in [-0.3, -0.25) is 4.31 Å². The summed E-state index contributed by atoms with van der Waals surface area (Å²) in [7, 11) is -2.19. The molecule has 0 aliphatic heterocycles. The molecule has 0 heterocycles. The zero-order chi connectivity index (χ0) is 22.6. The third-order valence-electron chi connectivity index (χ3n) is 6.09. The van der Waals surface area contributed by atoms with E-state index in [0.29, 0.717) is 23.2 Å². The van der Waals surface area contributed by atoms with Gasteiger partial charge in [0.25, 0.3) is 10.0 Å². The molecule has 1 saturated carbocycles. The maximum Gasteiger partial charge on any atom is 0.264 e. The first-order chi connectivity index (χ1) is 15.4. The zero-order valence-corrected chi connectivity index (χ0v) is 19.8. The Hall–Kier alpha value is -2.50. The minimum Gasteiger partial charge on any atom is -0.489 e. The van der Waals surface area contributed by atoms with Crippen molar-refractivity contribution >= 4 is 27.3 Å². The normalized spacial score (nSPS) is 14.8. The molecule has 0 amide bonds. The van der Waals surface area contributed by atoms with Crippen LogP contribution in [-0.4, -0.2) is 15.5 Å². The summed E-state index contributed by atoms with van der Waals surface area (Å²) in [4.78, 5) is 0.216. The lowest BCUT2D eigenvalue weighted by Gasteiger charge is -2.22. The Kier molecular flexibility index (Phi) is 7.07. The molecule has 0 unspecified atom stereocenters. The molecule has 1 aliphatic rings. The van der Waals surface area contributed by atoms with Gasteiger partial charge < -0.3 is 4.74 Å². The Bertz CT molecular complexity index is 1160. The summed E-state index contributed by atoms with van der Waals surface area (Å²) in [5.74, 6) is 1.45. The minimum atomic E-state index is -3.71. The Morgan fingerprint density at radius 1 is 0.938 bits per heavy atom. The van der Waals surface area contributed by atoms with Crippen molar-refractivity contribution in [3.05, 3.63) is 88.9 Å². The number of hydrogen-bond donors (Lipinski definition) is 0. The fourth-order valence-electron chi connectivity index (χ4n) is 4.20. The molecule has 6 heteroatoms. The molecule has 0 saturated heterocycles. The summed E-state index contributed by atoms with van der Waals surface area (Å²) >= 11 is 6.03. The van der Waals surface area contributed by atoms with E-state index < -0.39 is 10.0 Å². The van der Waals surface area contributed by atoms with E-state index in [9.17, 15) is 8.42 Å². The van der Waals surface area contributed by atoms with Gasteiger partial charge in [0.15, 0.2) is 0 Å². The maximum atomic E-state index is 13.1. The molecule has 0 spiro atoms. The van der Waals surface area contributed by atoms with E-state index in [1.807, 2.05) is 18.2 Å². The van der Waals surface area contributed by atoms with E-state index in [-0.39, 0.29) is 4.90 Å². The number of anilines is 1. The summed E-state index contributed by atoms with van der Waals surface area (Å²) in [6.07, 6.45) is 6.51. The van der Waals surface area contributed by atoms with Crippen LogP contribution in [0.1, 0.15) is 49.1 Å². The predicted molar refractivity (Wildman–Crippen MR) is 130 cm³/mol. The standard InChI is InChI=1S/C26H28ClNO3S/c1-28(24-11-6-10-23(27)18-24)32(29,30)26-12-5-7-20(17-26)19-31-25-15-13-22(14-16-25)21-8-3-2-4-9-21/h5-7,10-18,21H,2-4,8-9,19H2,1H3. The quantitative estimate of drug-likeness (QED) is 0.382. The number of rotatable bonds is 7. The Labute approximate surface area is 195 Å². The second-order valence-corrected chi connectivity index (χ2v) is 10.7. The number of ether oxygens (including phenoxy) is 1. The highest BCUT2D eigenvalue weighted by molar-refractivity contribution is 7.92. The average molecular weight is 470 g/mol. The predicted octanol–water partition coefficient (Wildman–Crippen LogP) is 6.79. The van der Waals surface area contributed by atoms with E-state index in [1.165, 1.54) is 49.0 Å². The fraction of sp³-hybridized carbons (Fsp3) is 0.308. The Morgan fingerprint density at radius 2 is 1.66 bits per heavy atom. The summed E-state index contributed by atoms with van der Waals surface area (Å²) in [5, 5.41) is 0.487. The van der Waals surface area contributed by atoms with Crippen molar-refractivity contribution in [2.75, 3.05) is 11.4 Å². The van der Waals surface area contributed by atoms with Crippen LogP contribution in [-0.2, 0) is 16.6 Å². The lowest BCUT2D eigenvalue weighted by atomic mass is 9.84. The number of benzene rings is 3. The molecule has 4 rings (SSSR count). The number of nitrogens with zero attached hydrogens (tertiary/aromatic N) is 1. The van der Waals surface area contributed by atoms with Crippen LogP contribution in [0.3, 0.4) is 0 Å². The molecule has 3 aromatic carbocycles. The first-order valence-corrected chi connectivity index (χ1v) is 12.8. The van der Waals surface area contributed by atoms with Gasteiger partial charge in [0, 0.05) is 12.1 Å². The van der Waals surface area contributed by atoms with Gasteiger partial charge in [-0.15, -0.1) is 0 Å². The topological polar surface area (TPSA) is 46.6 Å². The first kappa shape index (κ1) is 22.7. The van der Waals surface area contributed by atoms with Gasteiger partial charge in [-0.1, -0.05) is 61.2 Å². The van der Waals surface area contributed by atoms with Gasteiger partial charge >= 0.3 is 0 Å². The molecule has 1 fully saturated rings. The Morgan fingerprint density at radius 3 is 2.38 bits per heavy atom. The minimum absolute atomic E-state index is 0.216. The monoisotopic (exact) mass is 469 g/mol. The second kappa shape index (κ2) is 9.97. The van der Waals surface area contributed by atoms with Crippen molar-refractivity contribution in [3.8, 4) is 5.75 Å². The van der Waals surface area contributed by atoms with Crippen LogP contribution in [0.5, 0.6) is 5.75 Å². The fourth-order valence-corrected chi connectivity index (χ4v) is 5.65. The van der Waals surface area contributed by atoms with Gasteiger partial charge in [0.1, 0.15) is 12.4 Å². The molecule has 0 radical (unpaired) electrons. The van der Waals surface area contributed by atoms with Gasteiger partial charge in [0.2, 0.25) is 0 Å². The summed E-state index contributed by atoms with van der Waals surface area (Å²) in [6, 6.07) is 22.0. The van der Waals surface area contributed by atoms with Crippen LogP contribution in [0.4, 0.5) is 5.69 Å². The molecular weight excluding hydrogens is 442 g/mol. The smallest absolute Gasteiger partial charge is 0.264 e. The van der Waals surface area contributed by atoms with Crippen LogP contribution in [0.15, 0.2) is 77.7 Å². The molecule has 4 nitrogen and oxygen atoms in total. The van der Waals surface area contributed by atoms with Crippen molar-refractivity contribution in [1.82, 2.24) is 0 Å². The number of hydrogen-bond acceptors (Lipinski definition) is 3. The highest BCUT2D eigenvalue weighted by Crippen LogP contribution is 2.33. The Balaban J connectivity index is 1.43. The van der Waals surface area contributed by atoms with Gasteiger partial charge in [-0.05, 0) is 72.4 Å². The summed E-state index contributed by atoms with van der Waals surface area (Å²) < 4.78 is 33.4. The second-order valence-electron chi connectivity index (χ2n) is 8.29. The lowest BCUT2D eigenvalue weighted by Crippen LogP contribution is -2.26. The van der Waals surface area contributed by atoms with Crippen molar-refractivity contribution in [3.63, 3.8) is 0 Å². The van der Waals surface area contributed by atoms with Gasteiger partial charge in [0.05, 0.1) is 10.6 Å². The molecule has 0 N–H and O–H groups in total. The van der Waals surface area contributed by atoms with Gasteiger partial charge in [-0.25, -0.2) is 8.42 Å². The molecule has 0 atom stereocenters. The molecular formula is C26H28ClNO3S. The maximum absolute atomic E-state index is 13.1. The molecule has 0 bridgehead atoms. The third kappa shape index (κ3) is 5.28. The first-order valence-electron chi connectivity index (χ1n) is 11.0. The third-order valence-corrected chi connectivity index (χ3v) is 8.11. The highest BCUT2D eigenvalue weighted by Gasteiger charge is 2.22. The largest absolute Gasteiger partial charge is 0.489 e. The van der Waals surface area contributed by atoms with Gasteiger partial charge in [-0.2, -0.15) is 0 Å². The molecule has 32 heavy (non-hydrogen) atoms. The van der Waals surface area contributed by atoms with E-state index in [2.05, 4.69) is 12.1 Å². The van der Waals surface area contributed by atoms with Crippen LogP contribution >= 0.6 is 11.6 Å². The van der Waals surface area contributed by atoms with E-state index >= 15 is 0 Å². The van der Waals surface area contributed by atoms with E-state index in [0.717, 1.165) is 11.3 Å². The van der Waals surface area contributed by atoms with Crippen LogP contribution in [0, 0.1) is 0 Å². The summed E-state index contributed by atoms with van der Waals surface area (Å²) in [5.41, 5.74) is 2.69. The zero-order valence-electron chi connectivity index (χ0n) is 18.2. The lowest BCUT2D eigenvalue weighted by molar-refractivity contribution is 0.305. The van der Waals surface area contributed by atoms with E-state index in [4.69, 9.17) is 16.3 Å². The molecule has 168 valence electrons. The highest BCUT2D eigenvalue weighted by atomic mass is 35.5. The average Bonchev–Trinajstić information content (AvgIpc) is 2.83. The molecule has 3 aromatic rings. The van der Waals surface area contributed by atoms with Crippen LogP contribution in [0.2, 0.25) is 5.02 Å². The molecule has 1 aliphatic carbocycles.